The number of aromatic nitrogens is 3. The van der Waals surface area contributed by atoms with E-state index in [1.54, 1.807) is 47.0 Å². The van der Waals surface area contributed by atoms with Crippen LogP contribution in [0.25, 0.3) is 5.69 Å². The number of carbonyl (C=O) groups excluding carboxylic acids is 2. The van der Waals surface area contributed by atoms with E-state index in [1.807, 2.05) is 6.07 Å². The molecule has 0 fully saturated rings. The van der Waals surface area contributed by atoms with Crippen LogP contribution in [0.4, 0.5) is 0 Å². The molecule has 3 aromatic rings. The SMILES string of the molecule is CC(=O)C(Sc1nnc(CS(=O)(=O)c2ccccc2)n1-c1ccccc1)C(C)=O. The van der Waals surface area contributed by atoms with Crippen LogP contribution in [0, 0.1) is 0 Å². The van der Waals surface area contributed by atoms with Crippen LogP contribution in [0.1, 0.15) is 19.7 Å². The molecule has 0 aliphatic heterocycles. The van der Waals surface area contributed by atoms with Crippen LogP contribution in [-0.2, 0) is 25.2 Å². The summed E-state index contributed by atoms with van der Waals surface area (Å²) in [6.07, 6.45) is 0. The van der Waals surface area contributed by atoms with Crippen LogP contribution in [0.15, 0.2) is 70.7 Å². The molecular weight excluding hydrogens is 410 g/mol. The summed E-state index contributed by atoms with van der Waals surface area (Å²) >= 11 is 0.964. The molecule has 0 saturated carbocycles. The van der Waals surface area contributed by atoms with Gasteiger partial charge in [-0.3, -0.25) is 14.2 Å². The summed E-state index contributed by atoms with van der Waals surface area (Å²) in [5.41, 5.74) is 0.643. The molecule has 0 radical (unpaired) electrons. The van der Waals surface area contributed by atoms with Crippen LogP contribution in [0.5, 0.6) is 0 Å². The molecule has 2 aromatic carbocycles. The van der Waals surface area contributed by atoms with E-state index in [2.05, 4.69) is 10.2 Å². The lowest BCUT2D eigenvalue weighted by molar-refractivity contribution is -0.123. The largest absolute Gasteiger partial charge is 0.298 e. The average molecular weight is 430 g/mol. The monoisotopic (exact) mass is 429 g/mol. The van der Waals surface area contributed by atoms with E-state index in [-0.39, 0.29) is 33.2 Å². The van der Waals surface area contributed by atoms with Crippen LogP contribution in [0.2, 0.25) is 0 Å². The first-order valence-electron chi connectivity index (χ1n) is 8.74. The van der Waals surface area contributed by atoms with Crippen LogP contribution < -0.4 is 0 Å². The summed E-state index contributed by atoms with van der Waals surface area (Å²) < 4.78 is 27.2. The number of ketones is 2. The number of carbonyl (C=O) groups is 2. The fourth-order valence-electron chi connectivity index (χ4n) is 2.75. The zero-order valence-electron chi connectivity index (χ0n) is 15.8. The molecule has 0 aliphatic rings. The van der Waals surface area contributed by atoms with Gasteiger partial charge in [-0.05, 0) is 38.1 Å². The molecule has 0 unspecified atom stereocenters. The van der Waals surface area contributed by atoms with Gasteiger partial charge in [-0.25, -0.2) is 8.42 Å². The summed E-state index contributed by atoms with van der Waals surface area (Å²) in [6.45, 7) is 2.67. The fourth-order valence-corrected chi connectivity index (χ4v) is 4.96. The summed E-state index contributed by atoms with van der Waals surface area (Å²) in [6, 6.07) is 17.1. The third-order valence-electron chi connectivity index (χ3n) is 4.10. The molecule has 0 atom stereocenters. The van der Waals surface area contributed by atoms with Gasteiger partial charge in [0.25, 0.3) is 0 Å². The highest BCUT2D eigenvalue weighted by Gasteiger charge is 2.27. The van der Waals surface area contributed by atoms with Crippen molar-refractivity contribution in [1.29, 1.82) is 0 Å². The van der Waals surface area contributed by atoms with Crippen molar-refractivity contribution in [3.05, 3.63) is 66.5 Å². The molecule has 0 saturated heterocycles. The van der Waals surface area contributed by atoms with Crippen molar-refractivity contribution in [2.75, 3.05) is 0 Å². The van der Waals surface area contributed by atoms with Gasteiger partial charge in [-0.15, -0.1) is 10.2 Å². The Morgan fingerprint density at radius 1 is 0.931 bits per heavy atom. The zero-order valence-corrected chi connectivity index (χ0v) is 17.5. The van der Waals surface area contributed by atoms with E-state index >= 15 is 0 Å². The van der Waals surface area contributed by atoms with Crippen LogP contribution in [0.3, 0.4) is 0 Å². The van der Waals surface area contributed by atoms with Gasteiger partial charge in [-0.2, -0.15) is 0 Å². The van der Waals surface area contributed by atoms with E-state index in [1.165, 1.54) is 26.0 Å². The Kier molecular flexibility index (Phi) is 6.29. The first-order valence-corrected chi connectivity index (χ1v) is 11.3. The maximum Gasteiger partial charge on any atom is 0.197 e. The second-order valence-corrected chi connectivity index (χ2v) is 9.42. The maximum atomic E-state index is 12.8. The van der Waals surface area contributed by atoms with Gasteiger partial charge in [0.15, 0.2) is 32.4 Å². The first kappa shape index (κ1) is 20.9. The van der Waals surface area contributed by atoms with Gasteiger partial charge in [-0.1, -0.05) is 48.2 Å². The molecule has 1 aromatic heterocycles. The van der Waals surface area contributed by atoms with Gasteiger partial charge < -0.3 is 0 Å². The summed E-state index contributed by atoms with van der Waals surface area (Å²) in [5.74, 6) is -0.773. The number of para-hydroxylation sites is 1. The number of benzene rings is 2. The highest BCUT2D eigenvalue weighted by atomic mass is 32.2. The highest BCUT2D eigenvalue weighted by Crippen LogP contribution is 2.28. The summed E-state index contributed by atoms with van der Waals surface area (Å²) in [7, 11) is -3.66. The lowest BCUT2D eigenvalue weighted by Gasteiger charge is -2.13. The molecule has 0 spiro atoms. The van der Waals surface area contributed by atoms with Crippen molar-refractivity contribution in [3.8, 4) is 5.69 Å². The normalized spacial score (nSPS) is 11.6. The minimum absolute atomic E-state index is 0.183. The minimum atomic E-state index is -3.66. The number of rotatable bonds is 8. The van der Waals surface area contributed by atoms with Crippen molar-refractivity contribution in [1.82, 2.24) is 14.8 Å². The molecule has 3 rings (SSSR count). The van der Waals surface area contributed by atoms with E-state index < -0.39 is 15.1 Å². The third kappa shape index (κ3) is 4.80. The van der Waals surface area contributed by atoms with Crippen LogP contribution in [-0.4, -0.2) is 40.0 Å². The molecule has 0 N–H and O–H groups in total. The van der Waals surface area contributed by atoms with Gasteiger partial charge in [0, 0.05) is 5.69 Å². The molecular formula is C20H19N3O4S2. The summed E-state index contributed by atoms with van der Waals surface area (Å²) in [4.78, 5) is 23.9. The Labute approximate surface area is 173 Å². The van der Waals surface area contributed by atoms with Gasteiger partial charge >= 0.3 is 0 Å². The molecule has 0 aliphatic carbocycles. The molecule has 7 nitrogen and oxygen atoms in total. The number of hydrogen-bond donors (Lipinski definition) is 0. The van der Waals surface area contributed by atoms with Crippen molar-refractivity contribution in [3.63, 3.8) is 0 Å². The third-order valence-corrected chi connectivity index (χ3v) is 7.10. The van der Waals surface area contributed by atoms with Crippen molar-refractivity contribution in [2.45, 2.75) is 34.9 Å². The maximum absolute atomic E-state index is 12.8. The van der Waals surface area contributed by atoms with E-state index in [4.69, 9.17) is 0 Å². The molecule has 150 valence electrons. The van der Waals surface area contributed by atoms with Crippen LogP contribution >= 0.6 is 11.8 Å². The van der Waals surface area contributed by atoms with Crippen molar-refractivity contribution in [2.24, 2.45) is 0 Å². The zero-order chi connectivity index (χ0) is 21.0. The quantitative estimate of drug-likeness (QED) is 0.401. The number of sulfone groups is 1. The van der Waals surface area contributed by atoms with E-state index in [0.29, 0.717) is 5.69 Å². The smallest absolute Gasteiger partial charge is 0.197 e. The Morgan fingerprint density at radius 2 is 1.48 bits per heavy atom. The fraction of sp³-hybridized carbons (Fsp3) is 0.200. The molecule has 0 amide bonds. The topological polar surface area (TPSA) is 99.0 Å². The second kappa shape index (κ2) is 8.71. The molecule has 29 heavy (non-hydrogen) atoms. The van der Waals surface area contributed by atoms with E-state index in [9.17, 15) is 18.0 Å². The predicted molar refractivity (Wildman–Crippen MR) is 110 cm³/mol. The number of nitrogens with zero attached hydrogens (tertiary/aromatic N) is 3. The average Bonchev–Trinajstić information content (AvgIpc) is 3.08. The lowest BCUT2D eigenvalue weighted by atomic mass is 10.2. The number of thioether (sulfide) groups is 1. The van der Waals surface area contributed by atoms with Gasteiger partial charge in [0.1, 0.15) is 11.0 Å². The Morgan fingerprint density at radius 3 is 2.03 bits per heavy atom. The summed E-state index contributed by atoms with van der Waals surface area (Å²) in [5, 5.41) is 7.50. The Hall–Kier alpha value is -2.78. The minimum Gasteiger partial charge on any atom is -0.298 e. The Balaban J connectivity index is 2.06. The number of hydrogen-bond acceptors (Lipinski definition) is 7. The molecule has 1 heterocycles. The number of Topliss-reactive ketones (excluding diaryl/α,β-unsaturated/α-hetero) is 2. The van der Waals surface area contributed by atoms with Crippen molar-refractivity contribution < 1.29 is 18.0 Å². The first-order chi connectivity index (χ1) is 13.8. The van der Waals surface area contributed by atoms with E-state index in [0.717, 1.165) is 11.8 Å². The van der Waals surface area contributed by atoms with Crippen molar-refractivity contribution >= 4 is 33.2 Å². The molecule has 0 bridgehead atoms. The molecule has 9 heteroatoms. The standard InChI is InChI=1S/C20H19N3O4S2/c1-14(24)19(15(2)25)28-20-22-21-18(23(20)16-9-5-3-6-10-16)13-29(26,27)17-11-7-4-8-12-17/h3-12,19H,13H2,1-2H3. The second-order valence-electron chi connectivity index (χ2n) is 6.36. The Bertz CT molecular complexity index is 1110. The highest BCUT2D eigenvalue weighted by molar-refractivity contribution is 8.01. The lowest BCUT2D eigenvalue weighted by Crippen LogP contribution is -2.23. The van der Waals surface area contributed by atoms with Gasteiger partial charge in [0.05, 0.1) is 4.90 Å². The van der Waals surface area contributed by atoms with Gasteiger partial charge in [0.2, 0.25) is 0 Å². The predicted octanol–water partition coefficient (Wildman–Crippen LogP) is 2.88.